The van der Waals surface area contributed by atoms with Crippen LogP contribution in [0.2, 0.25) is 10.0 Å². The number of hydrogen-bond donors (Lipinski definition) is 3. The van der Waals surface area contributed by atoms with Gasteiger partial charge in [-0.2, -0.15) is 13.2 Å². The third kappa shape index (κ3) is 5.13. The van der Waals surface area contributed by atoms with E-state index in [1.54, 1.807) is 18.2 Å². The fourth-order valence-electron chi connectivity index (χ4n) is 3.35. The molecule has 2 heterocycles. The van der Waals surface area contributed by atoms with Gasteiger partial charge in [-0.15, -0.1) is 0 Å². The number of nitrogens with two attached hydrogens (primary N) is 1. The Morgan fingerprint density at radius 3 is 2.61 bits per heavy atom. The van der Waals surface area contributed by atoms with E-state index >= 15 is 0 Å². The maximum absolute atomic E-state index is 13.1. The first-order valence-electron chi connectivity index (χ1n) is 9.34. The highest BCUT2D eigenvalue weighted by molar-refractivity contribution is 6.42. The number of fused-ring (bicyclic) bond motifs is 1. The second-order valence-corrected chi connectivity index (χ2v) is 8.00. The van der Waals surface area contributed by atoms with Gasteiger partial charge in [-0.1, -0.05) is 29.3 Å². The highest BCUT2D eigenvalue weighted by atomic mass is 35.5. The van der Waals surface area contributed by atoms with Gasteiger partial charge in [0.05, 0.1) is 34.6 Å². The summed E-state index contributed by atoms with van der Waals surface area (Å²) in [4.78, 5) is 21.5. The maximum atomic E-state index is 13.1. The summed E-state index contributed by atoms with van der Waals surface area (Å²) in [6.07, 6.45) is -4.18. The summed E-state index contributed by atoms with van der Waals surface area (Å²) in [7, 11) is 0. The number of halogens is 5. The summed E-state index contributed by atoms with van der Waals surface area (Å²) in [6, 6.07) is 2.23. The first-order valence-corrected chi connectivity index (χ1v) is 10.1. The first-order chi connectivity index (χ1) is 14.5. The van der Waals surface area contributed by atoms with Crippen molar-refractivity contribution >= 4 is 35.2 Å². The van der Waals surface area contributed by atoms with Crippen molar-refractivity contribution in [1.82, 2.24) is 14.9 Å². The summed E-state index contributed by atoms with van der Waals surface area (Å²) in [6.45, 7) is 0.884. The van der Waals surface area contributed by atoms with E-state index in [0.717, 1.165) is 6.92 Å². The van der Waals surface area contributed by atoms with Gasteiger partial charge in [-0.3, -0.25) is 0 Å². The van der Waals surface area contributed by atoms with Crippen LogP contribution in [0.4, 0.5) is 23.9 Å². The third-order valence-electron chi connectivity index (χ3n) is 5.10. The van der Waals surface area contributed by atoms with Gasteiger partial charge in [-0.25, -0.2) is 14.8 Å². The average Bonchev–Trinajstić information content (AvgIpc) is 2.69. The number of amides is 2. The number of primary amides is 1. The van der Waals surface area contributed by atoms with E-state index in [4.69, 9.17) is 28.9 Å². The van der Waals surface area contributed by atoms with Gasteiger partial charge in [0.1, 0.15) is 6.04 Å². The minimum Gasteiger partial charge on any atom is -0.395 e. The lowest BCUT2D eigenvalue weighted by atomic mass is 9.90. The normalized spacial score (nSPS) is 15.9. The molecule has 0 spiro atoms. The van der Waals surface area contributed by atoms with E-state index < -0.39 is 24.2 Å². The maximum Gasteiger partial charge on any atom is 0.408 e. The molecule has 1 unspecified atom stereocenters. The Bertz CT molecular complexity index is 990. The zero-order valence-corrected chi connectivity index (χ0v) is 17.9. The lowest BCUT2D eigenvalue weighted by Crippen LogP contribution is -2.41. The monoisotopic (exact) mass is 477 g/mol. The smallest absolute Gasteiger partial charge is 0.395 e. The molecule has 3 rings (SSSR count). The Hall–Kier alpha value is -2.30. The highest BCUT2D eigenvalue weighted by Gasteiger charge is 2.37. The van der Waals surface area contributed by atoms with E-state index in [1.807, 2.05) is 0 Å². The van der Waals surface area contributed by atoms with E-state index in [-0.39, 0.29) is 24.1 Å². The number of rotatable bonds is 5. The fourth-order valence-corrected chi connectivity index (χ4v) is 3.66. The minimum atomic E-state index is -4.52. The highest BCUT2D eigenvalue weighted by Crippen LogP contribution is 2.34. The number of benzene rings is 1. The summed E-state index contributed by atoms with van der Waals surface area (Å²) in [5.74, 6) is -0.947. The molecule has 7 nitrogen and oxygen atoms in total. The van der Waals surface area contributed by atoms with Crippen molar-refractivity contribution in [3.8, 4) is 0 Å². The van der Waals surface area contributed by atoms with Crippen LogP contribution >= 0.6 is 23.2 Å². The molecule has 1 aromatic carbocycles. The van der Waals surface area contributed by atoms with Gasteiger partial charge >= 0.3 is 12.2 Å². The van der Waals surface area contributed by atoms with Crippen molar-refractivity contribution in [1.29, 1.82) is 0 Å². The lowest BCUT2D eigenvalue weighted by molar-refractivity contribution is -0.138. The number of aliphatic hydroxyl groups is 1. The van der Waals surface area contributed by atoms with Crippen LogP contribution in [0.3, 0.4) is 0 Å². The zero-order chi connectivity index (χ0) is 22.9. The minimum absolute atomic E-state index is 0.0226. The van der Waals surface area contributed by atoms with Crippen LogP contribution in [0.15, 0.2) is 18.2 Å². The molecule has 31 heavy (non-hydrogen) atoms. The number of anilines is 1. The van der Waals surface area contributed by atoms with Crippen LogP contribution in [0.5, 0.6) is 0 Å². The van der Waals surface area contributed by atoms with Crippen LogP contribution in [0, 0.1) is 0 Å². The SMILES string of the molecule is CC(Nc1nc2c(c([C@@H](CO)c3ccc(Cl)c(Cl)c3)n1)CCN(C(N)=O)C2)C(F)(F)F. The van der Waals surface area contributed by atoms with Crippen LogP contribution in [0.1, 0.15) is 35.4 Å². The number of aliphatic hydroxyl groups excluding tert-OH is 1. The summed E-state index contributed by atoms with van der Waals surface area (Å²) >= 11 is 12.1. The van der Waals surface area contributed by atoms with Gasteiger partial charge in [0, 0.05) is 12.5 Å². The number of alkyl halides is 3. The number of nitrogens with one attached hydrogen (secondary N) is 1. The molecule has 12 heteroatoms. The zero-order valence-electron chi connectivity index (χ0n) is 16.4. The molecule has 1 aliphatic rings. The van der Waals surface area contributed by atoms with Crippen molar-refractivity contribution in [2.45, 2.75) is 38.0 Å². The Labute approximate surface area is 186 Å². The average molecular weight is 478 g/mol. The molecule has 1 aliphatic heterocycles. The lowest BCUT2D eigenvalue weighted by Gasteiger charge is -2.30. The Morgan fingerprint density at radius 2 is 2.03 bits per heavy atom. The van der Waals surface area contributed by atoms with E-state index in [9.17, 15) is 23.1 Å². The summed E-state index contributed by atoms with van der Waals surface area (Å²) in [5, 5.41) is 13.0. The Balaban J connectivity index is 2.10. The molecular weight excluding hydrogens is 458 g/mol. The second kappa shape index (κ2) is 9.05. The molecule has 0 bridgehead atoms. The van der Waals surface area contributed by atoms with Crippen molar-refractivity contribution < 1.29 is 23.1 Å². The van der Waals surface area contributed by atoms with Gasteiger partial charge < -0.3 is 21.1 Å². The van der Waals surface area contributed by atoms with Gasteiger partial charge in [0.15, 0.2) is 0 Å². The second-order valence-electron chi connectivity index (χ2n) is 7.18. The molecule has 2 atom stereocenters. The number of carbonyl (C=O) groups is 1. The standard InChI is InChI=1S/C19H20Cl2F3N5O2/c1-9(19(22,23)24)26-18-27-15-7-29(17(25)31)5-4-11(15)16(28-18)12(8-30)10-2-3-13(20)14(21)6-10/h2-3,6,9,12,30H,4-5,7-8H2,1H3,(H2,25,31)(H,26,27,28)/t9?,12-/m0/s1. The first kappa shape index (κ1) is 23.4. The van der Waals surface area contributed by atoms with Crippen molar-refractivity contribution in [3.63, 3.8) is 0 Å². The number of urea groups is 1. The molecule has 2 aromatic rings. The van der Waals surface area contributed by atoms with Crippen LogP contribution in [0.25, 0.3) is 0 Å². The molecule has 0 aliphatic carbocycles. The summed E-state index contributed by atoms with van der Waals surface area (Å²) < 4.78 is 39.2. The van der Waals surface area contributed by atoms with E-state index in [2.05, 4.69) is 15.3 Å². The van der Waals surface area contributed by atoms with Crippen molar-refractivity contribution in [2.75, 3.05) is 18.5 Å². The van der Waals surface area contributed by atoms with Crippen molar-refractivity contribution in [3.05, 3.63) is 50.8 Å². The number of aromatic nitrogens is 2. The number of hydrogen-bond acceptors (Lipinski definition) is 5. The molecule has 168 valence electrons. The van der Waals surface area contributed by atoms with Crippen molar-refractivity contribution in [2.24, 2.45) is 5.73 Å². The van der Waals surface area contributed by atoms with Gasteiger partial charge in [0.25, 0.3) is 0 Å². The largest absolute Gasteiger partial charge is 0.408 e. The molecule has 1 aromatic heterocycles. The van der Waals surface area contributed by atoms with E-state index in [1.165, 1.54) is 4.90 Å². The number of carbonyl (C=O) groups excluding carboxylic acids is 1. The van der Waals surface area contributed by atoms with E-state index in [0.29, 0.717) is 40.5 Å². The van der Waals surface area contributed by atoms with Crippen LogP contribution in [-0.4, -0.2) is 51.4 Å². The third-order valence-corrected chi connectivity index (χ3v) is 5.84. The van der Waals surface area contributed by atoms with Gasteiger partial charge in [0.2, 0.25) is 5.95 Å². The van der Waals surface area contributed by atoms with Crippen LogP contribution in [-0.2, 0) is 13.0 Å². The quantitative estimate of drug-likeness (QED) is 0.608. The molecule has 0 fully saturated rings. The molecule has 0 saturated carbocycles. The molecule has 4 N–H and O–H groups in total. The summed E-state index contributed by atoms with van der Waals surface area (Å²) in [5.41, 5.74) is 7.31. The molecule has 2 amide bonds. The van der Waals surface area contributed by atoms with Gasteiger partial charge in [-0.05, 0) is 36.6 Å². The Morgan fingerprint density at radius 1 is 1.32 bits per heavy atom. The fraction of sp³-hybridized carbons (Fsp3) is 0.421. The predicted octanol–water partition coefficient (Wildman–Crippen LogP) is 3.71. The van der Waals surface area contributed by atoms with Crippen LogP contribution < -0.4 is 11.1 Å². The predicted molar refractivity (Wildman–Crippen MR) is 110 cm³/mol. The molecular formula is C19H20Cl2F3N5O2. The Kier molecular flexibility index (Phi) is 6.82. The molecule has 0 radical (unpaired) electrons. The topological polar surface area (TPSA) is 104 Å². The molecule has 0 saturated heterocycles. The number of nitrogens with zero attached hydrogens (tertiary/aromatic N) is 3.